The van der Waals surface area contributed by atoms with Crippen LogP contribution < -0.4 is 11.1 Å². The van der Waals surface area contributed by atoms with Crippen LogP contribution in [-0.4, -0.2) is 67.5 Å². The molecule has 0 aliphatic rings. The Balaban J connectivity index is 3.26. The SMILES string of the molecule is CN(C)S(=O)(=O)c1ccc(N)c(NC(CO)(CO)CO)c1. The summed E-state index contributed by atoms with van der Waals surface area (Å²) >= 11 is 0. The summed E-state index contributed by atoms with van der Waals surface area (Å²) < 4.78 is 25.2. The molecule has 0 amide bonds. The molecule has 8 nitrogen and oxygen atoms in total. The maximum absolute atomic E-state index is 12.1. The minimum atomic E-state index is -3.64. The number of hydrogen-bond acceptors (Lipinski definition) is 7. The van der Waals surface area contributed by atoms with E-state index in [2.05, 4.69) is 5.32 Å². The van der Waals surface area contributed by atoms with Gasteiger partial charge in [0.2, 0.25) is 10.0 Å². The smallest absolute Gasteiger partial charge is 0.242 e. The van der Waals surface area contributed by atoms with Gasteiger partial charge in [0, 0.05) is 14.1 Å². The van der Waals surface area contributed by atoms with Crippen molar-refractivity contribution in [1.29, 1.82) is 0 Å². The number of nitrogens with zero attached hydrogens (tertiary/aromatic N) is 1. The fourth-order valence-electron chi connectivity index (χ4n) is 1.57. The fourth-order valence-corrected chi connectivity index (χ4v) is 2.50. The minimum absolute atomic E-state index is 0.00641. The van der Waals surface area contributed by atoms with Gasteiger partial charge in [0.25, 0.3) is 0 Å². The van der Waals surface area contributed by atoms with Gasteiger partial charge in [-0.15, -0.1) is 0 Å². The number of sulfonamides is 1. The van der Waals surface area contributed by atoms with Gasteiger partial charge in [-0.05, 0) is 18.2 Å². The van der Waals surface area contributed by atoms with E-state index in [0.717, 1.165) is 4.31 Å². The number of rotatable bonds is 7. The van der Waals surface area contributed by atoms with Crippen LogP contribution >= 0.6 is 0 Å². The molecule has 0 aliphatic carbocycles. The largest absolute Gasteiger partial charge is 0.397 e. The van der Waals surface area contributed by atoms with Crippen molar-refractivity contribution in [3.05, 3.63) is 18.2 Å². The first-order valence-electron chi connectivity index (χ1n) is 6.15. The molecule has 0 saturated carbocycles. The first-order valence-corrected chi connectivity index (χ1v) is 7.59. The Morgan fingerprint density at radius 3 is 2.14 bits per heavy atom. The van der Waals surface area contributed by atoms with E-state index in [9.17, 15) is 23.7 Å². The van der Waals surface area contributed by atoms with Crippen LogP contribution in [0.25, 0.3) is 0 Å². The molecule has 0 aliphatic heterocycles. The van der Waals surface area contributed by atoms with Gasteiger partial charge in [-0.1, -0.05) is 0 Å². The monoisotopic (exact) mass is 319 g/mol. The summed E-state index contributed by atoms with van der Waals surface area (Å²) in [7, 11) is -0.840. The summed E-state index contributed by atoms with van der Waals surface area (Å²) in [6, 6.07) is 4.05. The maximum Gasteiger partial charge on any atom is 0.242 e. The van der Waals surface area contributed by atoms with E-state index < -0.39 is 35.4 Å². The number of nitrogens with one attached hydrogen (secondary N) is 1. The lowest BCUT2D eigenvalue weighted by Gasteiger charge is -2.30. The average Bonchev–Trinajstić information content (AvgIpc) is 2.46. The standard InChI is InChI=1S/C12H21N3O5S/c1-15(2)21(19,20)9-3-4-10(13)11(5-9)14-12(6-16,7-17)8-18/h3-5,14,16-18H,6-8,13H2,1-2H3. The Hall–Kier alpha value is -1.39. The van der Waals surface area contributed by atoms with Gasteiger partial charge in [0.15, 0.2) is 0 Å². The van der Waals surface area contributed by atoms with Crippen molar-refractivity contribution in [1.82, 2.24) is 4.31 Å². The zero-order valence-corrected chi connectivity index (χ0v) is 12.8. The summed E-state index contributed by atoms with van der Waals surface area (Å²) in [5.74, 6) is 0. The summed E-state index contributed by atoms with van der Waals surface area (Å²) in [4.78, 5) is 0.00641. The number of aliphatic hydroxyl groups is 3. The Kier molecular flexibility index (Phi) is 5.54. The first kappa shape index (κ1) is 17.7. The Bertz CT molecular complexity index is 576. The highest BCUT2D eigenvalue weighted by Gasteiger charge is 2.29. The molecule has 0 radical (unpaired) electrons. The molecule has 0 heterocycles. The van der Waals surface area contributed by atoms with Crippen LogP contribution in [0.2, 0.25) is 0 Å². The average molecular weight is 319 g/mol. The molecule has 0 aromatic heterocycles. The van der Waals surface area contributed by atoms with E-state index in [1.807, 2.05) is 0 Å². The second-order valence-electron chi connectivity index (χ2n) is 4.92. The predicted octanol–water partition coefficient (Wildman–Crippen LogP) is -1.35. The van der Waals surface area contributed by atoms with Crippen molar-refractivity contribution in [2.24, 2.45) is 0 Å². The highest BCUT2D eigenvalue weighted by Crippen LogP contribution is 2.26. The second-order valence-corrected chi connectivity index (χ2v) is 7.07. The maximum atomic E-state index is 12.1. The highest BCUT2D eigenvalue weighted by atomic mass is 32.2. The van der Waals surface area contributed by atoms with Crippen LogP contribution in [0.5, 0.6) is 0 Å². The molecule has 0 saturated heterocycles. The van der Waals surface area contributed by atoms with Crippen LogP contribution in [0.1, 0.15) is 0 Å². The molecule has 0 unspecified atom stereocenters. The highest BCUT2D eigenvalue weighted by molar-refractivity contribution is 7.89. The van der Waals surface area contributed by atoms with Crippen molar-refractivity contribution < 1.29 is 23.7 Å². The zero-order valence-electron chi connectivity index (χ0n) is 11.9. The van der Waals surface area contributed by atoms with Gasteiger partial charge >= 0.3 is 0 Å². The Morgan fingerprint density at radius 2 is 1.71 bits per heavy atom. The number of hydrogen-bond donors (Lipinski definition) is 5. The summed E-state index contributed by atoms with van der Waals surface area (Å²) in [5.41, 5.74) is 4.80. The lowest BCUT2D eigenvalue weighted by Crippen LogP contribution is -2.49. The van der Waals surface area contributed by atoms with Crippen molar-refractivity contribution in [3.8, 4) is 0 Å². The van der Waals surface area contributed by atoms with Gasteiger partial charge in [-0.25, -0.2) is 12.7 Å². The van der Waals surface area contributed by atoms with Crippen LogP contribution in [0.4, 0.5) is 11.4 Å². The molecule has 1 aromatic carbocycles. The predicted molar refractivity (Wildman–Crippen MR) is 79.3 cm³/mol. The third-order valence-corrected chi connectivity index (χ3v) is 4.92. The molecule has 120 valence electrons. The lowest BCUT2D eigenvalue weighted by molar-refractivity contribution is 0.0834. The molecule has 21 heavy (non-hydrogen) atoms. The number of aliphatic hydroxyl groups excluding tert-OH is 3. The molecule has 0 atom stereocenters. The quantitative estimate of drug-likeness (QED) is 0.392. The van der Waals surface area contributed by atoms with Gasteiger partial charge in [0.1, 0.15) is 5.54 Å². The van der Waals surface area contributed by atoms with Crippen LogP contribution in [0, 0.1) is 0 Å². The first-order chi connectivity index (χ1) is 9.72. The van der Waals surface area contributed by atoms with Crippen LogP contribution in [0.15, 0.2) is 23.1 Å². The molecule has 1 aromatic rings. The van der Waals surface area contributed by atoms with Gasteiger partial charge in [-0.3, -0.25) is 0 Å². The van der Waals surface area contributed by atoms with Gasteiger partial charge < -0.3 is 26.4 Å². The van der Waals surface area contributed by atoms with E-state index in [4.69, 9.17) is 5.73 Å². The molecule has 9 heteroatoms. The molecule has 0 fully saturated rings. The Morgan fingerprint density at radius 1 is 1.19 bits per heavy atom. The van der Waals surface area contributed by atoms with E-state index >= 15 is 0 Å². The van der Waals surface area contributed by atoms with Crippen LogP contribution in [0.3, 0.4) is 0 Å². The van der Waals surface area contributed by atoms with Gasteiger partial charge in [-0.2, -0.15) is 0 Å². The number of benzene rings is 1. The van der Waals surface area contributed by atoms with Gasteiger partial charge in [0.05, 0.1) is 36.1 Å². The van der Waals surface area contributed by atoms with Crippen molar-refractivity contribution >= 4 is 21.4 Å². The Labute approximate surface area is 123 Å². The van der Waals surface area contributed by atoms with Crippen LogP contribution in [-0.2, 0) is 10.0 Å². The molecule has 0 bridgehead atoms. The van der Waals surface area contributed by atoms with E-state index in [1.165, 1.54) is 32.3 Å². The summed E-state index contributed by atoms with van der Waals surface area (Å²) in [6.45, 7) is -1.65. The molecule has 0 spiro atoms. The zero-order chi connectivity index (χ0) is 16.3. The van der Waals surface area contributed by atoms with Crippen molar-refractivity contribution in [2.45, 2.75) is 10.4 Å². The molecular weight excluding hydrogens is 298 g/mol. The van der Waals surface area contributed by atoms with E-state index in [1.54, 1.807) is 0 Å². The summed E-state index contributed by atoms with van der Waals surface area (Å²) in [6.07, 6.45) is 0. The minimum Gasteiger partial charge on any atom is -0.397 e. The molecular formula is C12H21N3O5S. The topological polar surface area (TPSA) is 136 Å². The molecule has 1 rings (SSSR count). The van der Waals surface area contributed by atoms with E-state index in [0.29, 0.717) is 0 Å². The second kappa shape index (κ2) is 6.58. The molecule has 6 N–H and O–H groups in total. The van der Waals surface area contributed by atoms with Crippen molar-refractivity contribution in [3.63, 3.8) is 0 Å². The fraction of sp³-hybridized carbons (Fsp3) is 0.500. The lowest BCUT2D eigenvalue weighted by atomic mass is 10.0. The summed E-state index contributed by atoms with van der Waals surface area (Å²) in [5, 5.41) is 30.6. The third kappa shape index (κ3) is 3.63. The van der Waals surface area contributed by atoms with E-state index in [-0.39, 0.29) is 16.3 Å². The third-order valence-electron chi connectivity index (χ3n) is 3.11. The number of anilines is 2. The number of nitrogens with two attached hydrogens (primary N) is 1. The number of nitrogen functional groups attached to an aromatic ring is 1. The van der Waals surface area contributed by atoms with Crippen molar-refractivity contribution in [2.75, 3.05) is 45.0 Å². The normalized spacial score (nSPS) is 12.7.